The highest BCUT2D eigenvalue weighted by molar-refractivity contribution is 5.99. The van der Waals surface area contributed by atoms with Gasteiger partial charge >= 0.3 is 0 Å². The van der Waals surface area contributed by atoms with Crippen LogP contribution in [-0.4, -0.2) is 12.3 Å². The Balaban J connectivity index is 2.85. The van der Waals surface area contributed by atoms with E-state index in [2.05, 4.69) is 32.3 Å². The first-order chi connectivity index (χ1) is 9.10. The summed E-state index contributed by atoms with van der Waals surface area (Å²) in [7, 11) is 0. The molecule has 0 aliphatic carbocycles. The molecule has 110 valence electrons. The minimum atomic E-state index is -1.20. The fourth-order valence-corrected chi connectivity index (χ4v) is 1.92. The smallest absolute Gasteiger partial charge is 0.161 e. The van der Waals surface area contributed by atoms with Crippen LogP contribution in [0.3, 0.4) is 0 Å². The molecule has 0 atom stereocenters. The van der Waals surface area contributed by atoms with Crippen LogP contribution >= 0.6 is 0 Å². The number of rotatable bonds is 4. The van der Waals surface area contributed by atoms with Gasteiger partial charge in [-0.2, -0.15) is 0 Å². The first-order valence-electron chi connectivity index (χ1n) is 6.43. The highest BCUT2D eigenvalue weighted by atomic mass is 19.2. The second kappa shape index (κ2) is 6.25. The lowest BCUT2D eigenvalue weighted by atomic mass is 9.88. The van der Waals surface area contributed by atoms with E-state index in [1.54, 1.807) is 6.92 Å². The van der Waals surface area contributed by atoms with E-state index in [9.17, 15) is 13.2 Å². The molecule has 4 heteroatoms. The maximum absolute atomic E-state index is 13.6. The van der Waals surface area contributed by atoms with Crippen LogP contribution in [0.15, 0.2) is 29.3 Å². The summed E-state index contributed by atoms with van der Waals surface area (Å²) in [5, 5.41) is 0. The monoisotopic (exact) mass is 283 g/mol. The molecule has 0 aliphatic heterocycles. The van der Waals surface area contributed by atoms with Crippen molar-refractivity contribution in [2.24, 2.45) is 10.4 Å². The molecule has 0 amide bonds. The lowest BCUT2D eigenvalue weighted by Crippen LogP contribution is -2.08. The zero-order valence-electron chi connectivity index (χ0n) is 12.4. The van der Waals surface area contributed by atoms with Gasteiger partial charge in [-0.1, -0.05) is 32.9 Å². The van der Waals surface area contributed by atoms with Gasteiger partial charge in [-0.05, 0) is 24.8 Å². The molecule has 1 aromatic rings. The molecule has 20 heavy (non-hydrogen) atoms. The Morgan fingerprint density at radius 1 is 1.10 bits per heavy atom. The quantitative estimate of drug-likeness (QED) is 0.423. The second-order valence-electron chi connectivity index (χ2n) is 6.14. The van der Waals surface area contributed by atoms with Crippen LogP contribution in [0.5, 0.6) is 0 Å². The van der Waals surface area contributed by atoms with Gasteiger partial charge in [-0.3, -0.25) is 4.99 Å². The van der Waals surface area contributed by atoms with Gasteiger partial charge in [0.1, 0.15) is 5.82 Å². The average molecular weight is 283 g/mol. The predicted molar refractivity (Wildman–Crippen MR) is 76.6 cm³/mol. The minimum Gasteiger partial charge on any atom is -0.285 e. The molecular weight excluding hydrogens is 263 g/mol. The summed E-state index contributed by atoms with van der Waals surface area (Å²) >= 11 is 0. The topological polar surface area (TPSA) is 12.4 Å². The number of nitrogens with zero attached hydrogens (tertiary/aromatic N) is 1. The summed E-state index contributed by atoms with van der Waals surface area (Å²) in [5.41, 5.74) is 1.33. The van der Waals surface area contributed by atoms with E-state index >= 15 is 0 Å². The molecule has 0 bridgehead atoms. The summed E-state index contributed by atoms with van der Waals surface area (Å²) in [6.07, 6.45) is 0.796. The molecule has 1 nitrogen and oxygen atoms in total. The summed E-state index contributed by atoms with van der Waals surface area (Å²) in [5.74, 6) is -3.09. The number of hydrogen-bond donors (Lipinski definition) is 0. The van der Waals surface area contributed by atoms with Crippen LogP contribution in [0.2, 0.25) is 0 Å². The maximum Gasteiger partial charge on any atom is 0.161 e. The Morgan fingerprint density at radius 3 is 2.20 bits per heavy atom. The molecule has 0 aliphatic rings. The van der Waals surface area contributed by atoms with Gasteiger partial charge in [0.15, 0.2) is 11.6 Å². The molecule has 0 spiro atoms. The molecule has 0 unspecified atom stereocenters. The largest absolute Gasteiger partial charge is 0.285 e. The third-order valence-electron chi connectivity index (χ3n) is 2.72. The summed E-state index contributed by atoms with van der Waals surface area (Å²) in [6.45, 7) is 12.1. The first-order valence-corrected chi connectivity index (χ1v) is 6.43. The fraction of sp³-hybridized carbons (Fsp3) is 0.438. The molecule has 0 saturated heterocycles. The predicted octanol–water partition coefficient (Wildman–Crippen LogP) is 4.91. The first kappa shape index (κ1) is 16.5. The van der Waals surface area contributed by atoms with Crippen molar-refractivity contribution in [3.8, 4) is 0 Å². The van der Waals surface area contributed by atoms with Gasteiger partial charge < -0.3 is 0 Å². The molecule has 1 aromatic carbocycles. The highest BCUT2D eigenvalue weighted by Crippen LogP contribution is 2.23. The van der Waals surface area contributed by atoms with Crippen molar-refractivity contribution in [1.82, 2.24) is 0 Å². The summed E-state index contributed by atoms with van der Waals surface area (Å²) < 4.78 is 39.5. The van der Waals surface area contributed by atoms with Crippen LogP contribution in [0.4, 0.5) is 13.2 Å². The molecule has 0 heterocycles. The van der Waals surface area contributed by atoms with E-state index in [4.69, 9.17) is 0 Å². The van der Waals surface area contributed by atoms with Gasteiger partial charge in [-0.25, -0.2) is 13.2 Å². The van der Waals surface area contributed by atoms with E-state index in [1.807, 2.05) is 0 Å². The van der Waals surface area contributed by atoms with Crippen molar-refractivity contribution in [3.05, 3.63) is 47.3 Å². The molecule has 0 N–H and O–H groups in total. The van der Waals surface area contributed by atoms with Crippen molar-refractivity contribution in [2.75, 3.05) is 6.54 Å². The Morgan fingerprint density at radius 2 is 1.65 bits per heavy atom. The molecular formula is C16H20F3N. The normalized spacial score (nSPS) is 12.7. The second-order valence-corrected chi connectivity index (χ2v) is 6.14. The van der Waals surface area contributed by atoms with Crippen LogP contribution in [0, 0.1) is 22.9 Å². The van der Waals surface area contributed by atoms with Crippen LogP contribution in [-0.2, 0) is 0 Å². The summed E-state index contributed by atoms with van der Waals surface area (Å²) in [4.78, 5) is 4.20. The van der Waals surface area contributed by atoms with Crippen LogP contribution in [0.25, 0.3) is 0 Å². The lowest BCUT2D eigenvalue weighted by Gasteiger charge is -2.18. The lowest BCUT2D eigenvalue weighted by molar-refractivity contribution is 0.408. The Labute approximate surface area is 118 Å². The number of halogens is 3. The number of aliphatic imine (C=N–C) groups is 1. The minimum absolute atomic E-state index is 0.0209. The highest BCUT2D eigenvalue weighted by Gasteiger charge is 2.13. The van der Waals surface area contributed by atoms with E-state index in [0.717, 1.165) is 18.1 Å². The zero-order chi connectivity index (χ0) is 15.5. The molecule has 0 radical (unpaired) electrons. The van der Waals surface area contributed by atoms with E-state index < -0.39 is 17.5 Å². The Bertz CT molecular complexity index is 539. The number of benzene rings is 1. The molecule has 0 fully saturated rings. The zero-order valence-corrected chi connectivity index (χ0v) is 12.4. The number of hydrogen-bond acceptors (Lipinski definition) is 1. The van der Waals surface area contributed by atoms with Crippen LogP contribution < -0.4 is 0 Å². The van der Waals surface area contributed by atoms with E-state index in [0.29, 0.717) is 18.3 Å². The van der Waals surface area contributed by atoms with Crippen molar-refractivity contribution in [3.63, 3.8) is 0 Å². The van der Waals surface area contributed by atoms with E-state index in [1.165, 1.54) is 0 Å². The van der Waals surface area contributed by atoms with Gasteiger partial charge in [0.25, 0.3) is 0 Å². The third kappa shape index (κ3) is 4.83. The average Bonchev–Trinajstić information content (AvgIpc) is 2.28. The maximum atomic E-state index is 13.6. The molecule has 0 saturated carbocycles. The van der Waals surface area contributed by atoms with Crippen molar-refractivity contribution >= 4 is 5.71 Å². The fourth-order valence-electron chi connectivity index (χ4n) is 1.92. The Hall–Kier alpha value is -1.58. The van der Waals surface area contributed by atoms with Gasteiger partial charge in [0.2, 0.25) is 0 Å². The van der Waals surface area contributed by atoms with Crippen molar-refractivity contribution < 1.29 is 13.2 Å². The Kier molecular flexibility index (Phi) is 5.15. The standard InChI is InChI=1S/C16H20F3N/c1-10(8-16(3,4)5)9-20-11(2)12-6-14(18)15(19)7-13(12)17/h6-7H,1,8-9H2,2-5H3. The van der Waals surface area contributed by atoms with Crippen molar-refractivity contribution in [1.29, 1.82) is 0 Å². The van der Waals surface area contributed by atoms with Gasteiger partial charge in [0.05, 0.1) is 6.54 Å². The van der Waals surface area contributed by atoms with Crippen LogP contribution in [0.1, 0.15) is 39.7 Å². The molecule has 1 rings (SSSR count). The third-order valence-corrected chi connectivity index (χ3v) is 2.72. The van der Waals surface area contributed by atoms with Gasteiger partial charge in [-0.15, -0.1) is 0 Å². The van der Waals surface area contributed by atoms with Crippen molar-refractivity contribution in [2.45, 2.75) is 34.1 Å². The van der Waals surface area contributed by atoms with Gasteiger partial charge in [0, 0.05) is 17.3 Å². The molecule has 0 aromatic heterocycles. The SMILES string of the molecule is C=C(CN=C(C)c1cc(F)c(F)cc1F)CC(C)(C)C. The van der Waals surface area contributed by atoms with E-state index in [-0.39, 0.29) is 11.0 Å². The summed E-state index contributed by atoms with van der Waals surface area (Å²) in [6, 6.07) is 1.36.